The highest BCUT2D eigenvalue weighted by atomic mass is 79.9. The average Bonchev–Trinajstić information content (AvgIpc) is 2.41. The summed E-state index contributed by atoms with van der Waals surface area (Å²) in [5.41, 5.74) is 1.26. The van der Waals surface area contributed by atoms with Gasteiger partial charge in [-0.1, -0.05) is 46.3 Å². The lowest BCUT2D eigenvalue weighted by Crippen LogP contribution is -2.06. The van der Waals surface area contributed by atoms with Crippen LogP contribution in [0.15, 0.2) is 57.9 Å². The zero-order chi connectivity index (χ0) is 15.5. The predicted molar refractivity (Wildman–Crippen MR) is 82.8 cm³/mol. The topological polar surface area (TPSA) is 71.4 Å². The zero-order valence-electron chi connectivity index (χ0n) is 11.0. The maximum atomic E-state index is 12.4. The summed E-state index contributed by atoms with van der Waals surface area (Å²) in [4.78, 5) is 10.8. The SMILES string of the molecule is O=C(O)Cc1ccc(S(=O)(=O)Cc2ccccc2Br)cc1. The standard InChI is InChI=1S/C15H13BrO4S/c16-14-4-2-1-3-12(14)10-21(19,20)13-7-5-11(6-8-13)9-15(17)18/h1-8H,9-10H2,(H,17,18). The van der Waals surface area contributed by atoms with Crippen LogP contribution in [-0.2, 0) is 26.8 Å². The highest BCUT2D eigenvalue weighted by Gasteiger charge is 2.16. The van der Waals surface area contributed by atoms with Crippen molar-refractivity contribution in [2.75, 3.05) is 0 Å². The fourth-order valence-electron chi connectivity index (χ4n) is 1.89. The molecule has 0 spiro atoms. The number of sulfone groups is 1. The Labute approximate surface area is 131 Å². The van der Waals surface area contributed by atoms with Crippen molar-refractivity contribution in [2.45, 2.75) is 17.1 Å². The molecule has 0 aliphatic carbocycles. The van der Waals surface area contributed by atoms with Crippen molar-refractivity contribution in [1.29, 1.82) is 0 Å². The second-order valence-corrected chi connectivity index (χ2v) is 7.41. The second kappa shape index (κ2) is 6.41. The van der Waals surface area contributed by atoms with E-state index in [1.165, 1.54) is 24.3 Å². The molecule has 1 N–H and O–H groups in total. The molecule has 0 saturated carbocycles. The molecule has 2 rings (SSSR count). The summed E-state index contributed by atoms with van der Waals surface area (Å²) in [5, 5.41) is 8.70. The van der Waals surface area contributed by atoms with E-state index in [1.807, 2.05) is 6.07 Å². The van der Waals surface area contributed by atoms with Gasteiger partial charge in [-0.25, -0.2) is 8.42 Å². The normalized spacial score (nSPS) is 11.3. The molecule has 0 heterocycles. The summed E-state index contributed by atoms with van der Waals surface area (Å²) in [6.45, 7) is 0. The Bertz CT molecular complexity index is 751. The molecule has 0 aromatic heterocycles. The number of carboxylic acids is 1. The van der Waals surface area contributed by atoms with Gasteiger partial charge in [0.15, 0.2) is 9.84 Å². The van der Waals surface area contributed by atoms with E-state index in [0.717, 1.165) is 4.47 Å². The number of aliphatic carboxylic acids is 1. The Morgan fingerprint density at radius 3 is 2.24 bits per heavy atom. The fourth-order valence-corrected chi connectivity index (χ4v) is 3.88. The molecule has 0 saturated heterocycles. The van der Waals surface area contributed by atoms with Gasteiger partial charge in [0, 0.05) is 4.47 Å². The smallest absolute Gasteiger partial charge is 0.307 e. The van der Waals surface area contributed by atoms with Crippen LogP contribution in [0.2, 0.25) is 0 Å². The molecule has 0 radical (unpaired) electrons. The number of carboxylic acid groups (broad SMARTS) is 1. The molecule has 0 atom stereocenters. The predicted octanol–water partition coefficient (Wildman–Crippen LogP) is 3.05. The first-order chi connectivity index (χ1) is 9.88. The molecule has 21 heavy (non-hydrogen) atoms. The Hall–Kier alpha value is -1.66. The van der Waals surface area contributed by atoms with Crippen molar-refractivity contribution in [3.05, 3.63) is 64.1 Å². The Morgan fingerprint density at radius 2 is 1.67 bits per heavy atom. The van der Waals surface area contributed by atoms with E-state index in [9.17, 15) is 13.2 Å². The molecule has 0 unspecified atom stereocenters. The minimum atomic E-state index is -3.46. The monoisotopic (exact) mass is 368 g/mol. The van der Waals surface area contributed by atoms with Gasteiger partial charge >= 0.3 is 5.97 Å². The van der Waals surface area contributed by atoms with Crippen LogP contribution in [-0.4, -0.2) is 19.5 Å². The van der Waals surface area contributed by atoms with Crippen LogP contribution in [0, 0.1) is 0 Å². The highest BCUT2D eigenvalue weighted by Crippen LogP contribution is 2.22. The molecule has 4 nitrogen and oxygen atoms in total. The average molecular weight is 369 g/mol. The van der Waals surface area contributed by atoms with E-state index in [0.29, 0.717) is 11.1 Å². The van der Waals surface area contributed by atoms with E-state index >= 15 is 0 Å². The summed E-state index contributed by atoms with van der Waals surface area (Å²) in [6, 6.07) is 13.1. The number of benzene rings is 2. The van der Waals surface area contributed by atoms with Crippen LogP contribution in [0.25, 0.3) is 0 Å². The van der Waals surface area contributed by atoms with Gasteiger partial charge in [0.2, 0.25) is 0 Å². The second-order valence-electron chi connectivity index (χ2n) is 4.56. The third-order valence-corrected chi connectivity index (χ3v) is 5.40. The van der Waals surface area contributed by atoms with Gasteiger partial charge in [0.05, 0.1) is 17.1 Å². The summed E-state index contributed by atoms with van der Waals surface area (Å²) >= 11 is 3.33. The van der Waals surface area contributed by atoms with Crippen molar-refractivity contribution >= 4 is 31.7 Å². The van der Waals surface area contributed by atoms with Gasteiger partial charge in [-0.05, 0) is 29.3 Å². The van der Waals surface area contributed by atoms with E-state index in [-0.39, 0.29) is 17.1 Å². The fraction of sp³-hybridized carbons (Fsp3) is 0.133. The minimum absolute atomic E-state index is 0.104. The van der Waals surface area contributed by atoms with Crippen molar-refractivity contribution in [3.63, 3.8) is 0 Å². The zero-order valence-corrected chi connectivity index (χ0v) is 13.4. The number of hydrogen-bond donors (Lipinski definition) is 1. The van der Waals surface area contributed by atoms with Gasteiger partial charge < -0.3 is 5.11 Å². The minimum Gasteiger partial charge on any atom is -0.481 e. The quantitative estimate of drug-likeness (QED) is 0.880. The Kier molecular flexibility index (Phi) is 4.80. The largest absolute Gasteiger partial charge is 0.481 e. The molecular weight excluding hydrogens is 356 g/mol. The number of halogens is 1. The molecule has 0 aliphatic rings. The maximum Gasteiger partial charge on any atom is 0.307 e. The number of carbonyl (C=O) groups is 1. The highest BCUT2D eigenvalue weighted by molar-refractivity contribution is 9.10. The number of rotatable bonds is 5. The van der Waals surface area contributed by atoms with Gasteiger partial charge in [0.25, 0.3) is 0 Å². The van der Waals surface area contributed by atoms with Crippen LogP contribution < -0.4 is 0 Å². The van der Waals surface area contributed by atoms with Crippen molar-refractivity contribution in [1.82, 2.24) is 0 Å². The summed E-state index contributed by atoms with van der Waals surface area (Å²) in [5.74, 6) is -1.05. The van der Waals surface area contributed by atoms with E-state index in [1.54, 1.807) is 18.2 Å². The van der Waals surface area contributed by atoms with Gasteiger partial charge in [-0.3, -0.25) is 4.79 Å². The van der Waals surface area contributed by atoms with Crippen LogP contribution in [0.5, 0.6) is 0 Å². The lowest BCUT2D eigenvalue weighted by molar-refractivity contribution is -0.136. The summed E-state index contributed by atoms with van der Waals surface area (Å²) < 4.78 is 25.4. The van der Waals surface area contributed by atoms with Crippen LogP contribution in [0.3, 0.4) is 0 Å². The molecular formula is C15H13BrO4S. The molecule has 6 heteroatoms. The van der Waals surface area contributed by atoms with E-state index in [2.05, 4.69) is 15.9 Å². The maximum absolute atomic E-state index is 12.4. The van der Waals surface area contributed by atoms with E-state index in [4.69, 9.17) is 5.11 Å². The van der Waals surface area contributed by atoms with Crippen molar-refractivity contribution < 1.29 is 18.3 Å². The summed E-state index contributed by atoms with van der Waals surface area (Å²) in [7, 11) is -3.46. The van der Waals surface area contributed by atoms with Gasteiger partial charge in [-0.15, -0.1) is 0 Å². The lowest BCUT2D eigenvalue weighted by Gasteiger charge is -2.07. The molecule has 0 fully saturated rings. The molecule has 2 aromatic carbocycles. The first kappa shape index (κ1) is 15.7. The Morgan fingerprint density at radius 1 is 1.05 bits per heavy atom. The molecule has 2 aromatic rings. The van der Waals surface area contributed by atoms with Crippen molar-refractivity contribution in [3.8, 4) is 0 Å². The third-order valence-electron chi connectivity index (χ3n) is 2.94. The molecule has 0 bridgehead atoms. The Balaban J connectivity index is 2.24. The first-order valence-corrected chi connectivity index (χ1v) is 8.60. The number of hydrogen-bond acceptors (Lipinski definition) is 3. The molecule has 110 valence electrons. The third kappa shape index (κ3) is 4.15. The van der Waals surface area contributed by atoms with Crippen LogP contribution >= 0.6 is 15.9 Å². The summed E-state index contributed by atoms with van der Waals surface area (Å²) in [6.07, 6.45) is -0.120. The van der Waals surface area contributed by atoms with Crippen LogP contribution in [0.1, 0.15) is 11.1 Å². The van der Waals surface area contributed by atoms with Crippen molar-refractivity contribution in [2.24, 2.45) is 0 Å². The first-order valence-electron chi connectivity index (χ1n) is 6.15. The van der Waals surface area contributed by atoms with Gasteiger partial charge in [-0.2, -0.15) is 0 Å². The lowest BCUT2D eigenvalue weighted by atomic mass is 10.2. The molecule has 0 aliphatic heterocycles. The van der Waals surface area contributed by atoms with E-state index < -0.39 is 15.8 Å². The van der Waals surface area contributed by atoms with Gasteiger partial charge in [0.1, 0.15) is 0 Å². The van der Waals surface area contributed by atoms with Crippen LogP contribution in [0.4, 0.5) is 0 Å². The molecule has 0 amide bonds.